The number of nitrogens with zero attached hydrogens (tertiary/aromatic N) is 3. The lowest BCUT2D eigenvalue weighted by molar-refractivity contribution is -0.143. The fourth-order valence-corrected chi connectivity index (χ4v) is 2.23. The standard InChI is InChI=1S/C10H11N3O3S/c1-2-16-7(14)4-3-6-13-8-9(15)11-5-12-10(8)17-6/h5H,2-4H2,1H3,(H,11,12,15). The number of carbonyl (C=O) groups excluding carboxylic acids is 1. The molecule has 7 heteroatoms. The molecule has 2 rings (SSSR count). The zero-order valence-corrected chi connectivity index (χ0v) is 10.0. The molecule has 0 aliphatic rings. The Labute approximate surface area is 101 Å². The van der Waals surface area contributed by atoms with Crippen molar-refractivity contribution in [2.24, 2.45) is 0 Å². The predicted molar refractivity (Wildman–Crippen MR) is 61.8 cm³/mol. The Hall–Kier alpha value is -1.76. The molecule has 17 heavy (non-hydrogen) atoms. The van der Waals surface area contributed by atoms with Crippen LogP contribution in [0.2, 0.25) is 0 Å². The van der Waals surface area contributed by atoms with Crippen LogP contribution in [-0.2, 0) is 16.0 Å². The van der Waals surface area contributed by atoms with Crippen LogP contribution < -0.4 is 0 Å². The topological polar surface area (TPSA) is 85.2 Å². The van der Waals surface area contributed by atoms with Crippen molar-refractivity contribution in [2.75, 3.05) is 6.61 Å². The van der Waals surface area contributed by atoms with Crippen molar-refractivity contribution in [3.63, 3.8) is 0 Å². The Morgan fingerprint density at radius 2 is 2.35 bits per heavy atom. The molecule has 0 aromatic carbocycles. The van der Waals surface area contributed by atoms with Crippen molar-refractivity contribution < 1.29 is 14.6 Å². The van der Waals surface area contributed by atoms with Crippen LogP contribution in [0.25, 0.3) is 10.3 Å². The van der Waals surface area contributed by atoms with Gasteiger partial charge in [-0.25, -0.2) is 9.97 Å². The van der Waals surface area contributed by atoms with Crippen LogP contribution >= 0.6 is 11.3 Å². The van der Waals surface area contributed by atoms with E-state index in [9.17, 15) is 9.90 Å². The summed E-state index contributed by atoms with van der Waals surface area (Å²) in [6.45, 7) is 2.15. The summed E-state index contributed by atoms with van der Waals surface area (Å²) in [5.74, 6) is -0.379. The summed E-state index contributed by atoms with van der Waals surface area (Å²) in [6, 6.07) is 0. The SMILES string of the molecule is CCOC(=O)CCc1nc2c(O)ncnc2s1. The van der Waals surface area contributed by atoms with Crippen molar-refractivity contribution in [1.82, 2.24) is 15.0 Å². The normalized spacial score (nSPS) is 10.6. The molecule has 0 unspecified atom stereocenters. The molecule has 0 aliphatic carbocycles. The van der Waals surface area contributed by atoms with Crippen LogP contribution in [0.1, 0.15) is 18.4 Å². The highest BCUT2D eigenvalue weighted by Crippen LogP contribution is 2.25. The van der Waals surface area contributed by atoms with Gasteiger partial charge in [0.2, 0.25) is 5.88 Å². The summed E-state index contributed by atoms with van der Waals surface area (Å²) in [4.78, 5) is 23.6. The third kappa shape index (κ3) is 2.68. The van der Waals surface area contributed by atoms with Crippen molar-refractivity contribution in [3.8, 4) is 5.88 Å². The van der Waals surface area contributed by atoms with Crippen LogP contribution in [0, 0.1) is 0 Å². The molecule has 1 N–H and O–H groups in total. The summed E-state index contributed by atoms with van der Waals surface area (Å²) in [5.41, 5.74) is 0.386. The molecule has 0 bridgehead atoms. The van der Waals surface area contributed by atoms with Gasteiger partial charge in [-0.2, -0.15) is 4.98 Å². The van der Waals surface area contributed by atoms with Gasteiger partial charge in [0.15, 0.2) is 10.3 Å². The second-order valence-electron chi connectivity index (χ2n) is 3.26. The lowest BCUT2D eigenvalue weighted by Gasteiger charge is -1.98. The Kier molecular flexibility index (Phi) is 3.48. The third-order valence-electron chi connectivity index (χ3n) is 2.07. The summed E-state index contributed by atoms with van der Waals surface area (Å²) < 4.78 is 4.82. The molecule has 0 fully saturated rings. The highest BCUT2D eigenvalue weighted by molar-refractivity contribution is 7.18. The van der Waals surface area contributed by atoms with Crippen LogP contribution in [0.15, 0.2) is 6.33 Å². The van der Waals surface area contributed by atoms with Crippen molar-refractivity contribution >= 4 is 27.7 Å². The van der Waals surface area contributed by atoms with E-state index in [1.807, 2.05) is 0 Å². The van der Waals surface area contributed by atoms with Gasteiger partial charge in [-0.3, -0.25) is 4.79 Å². The minimum Gasteiger partial charge on any atom is -0.492 e. The number of aromatic nitrogens is 3. The molecule has 2 heterocycles. The molecule has 2 aromatic rings. The van der Waals surface area contributed by atoms with Gasteiger partial charge in [0.25, 0.3) is 0 Å². The van der Waals surface area contributed by atoms with Gasteiger partial charge in [-0.15, -0.1) is 0 Å². The average Bonchev–Trinajstić information content (AvgIpc) is 2.71. The molecule has 0 aliphatic heterocycles. The van der Waals surface area contributed by atoms with Crippen LogP contribution in [-0.4, -0.2) is 32.6 Å². The van der Waals surface area contributed by atoms with Gasteiger partial charge in [0.1, 0.15) is 6.33 Å². The maximum atomic E-state index is 11.2. The number of hydrogen-bond acceptors (Lipinski definition) is 7. The summed E-state index contributed by atoms with van der Waals surface area (Å²) in [7, 11) is 0. The van der Waals surface area contributed by atoms with Crippen molar-refractivity contribution in [3.05, 3.63) is 11.3 Å². The number of carbonyl (C=O) groups is 1. The number of ether oxygens (including phenoxy) is 1. The zero-order valence-electron chi connectivity index (χ0n) is 9.21. The van der Waals surface area contributed by atoms with E-state index in [4.69, 9.17) is 4.74 Å². The molecule has 0 amide bonds. The number of esters is 1. The third-order valence-corrected chi connectivity index (χ3v) is 3.09. The Bertz CT molecular complexity index is 541. The Balaban J connectivity index is 2.10. The lowest BCUT2D eigenvalue weighted by Crippen LogP contribution is -2.04. The van der Waals surface area contributed by atoms with Gasteiger partial charge < -0.3 is 9.84 Å². The van der Waals surface area contributed by atoms with E-state index in [1.165, 1.54) is 17.7 Å². The quantitative estimate of drug-likeness (QED) is 0.826. The van der Waals surface area contributed by atoms with E-state index in [1.54, 1.807) is 6.92 Å². The molecule has 0 radical (unpaired) electrons. The van der Waals surface area contributed by atoms with Gasteiger partial charge in [0.05, 0.1) is 18.0 Å². The number of aromatic hydroxyl groups is 1. The molecular weight excluding hydrogens is 242 g/mol. The largest absolute Gasteiger partial charge is 0.492 e. The molecule has 90 valence electrons. The maximum absolute atomic E-state index is 11.2. The molecule has 6 nitrogen and oxygen atoms in total. The van der Waals surface area contributed by atoms with Gasteiger partial charge >= 0.3 is 5.97 Å². The van der Waals surface area contributed by atoms with Gasteiger partial charge in [-0.1, -0.05) is 11.3 Å². The number of rotatable bonds is 4. The van der Waals surface area contributed by atoms with Gasteiger partial charge in [0, 0.05) is 6.42 Å². The van der Waals surface area contributed by atoms with E-state index >= 15 is 0 Å². The molecule has 0 spiro atoms. The Morgan fingerprint density at radius 3 is 3.06 bits per heavy atom. The second-order valence-corrected chi connectivity index (χ2v) is 4.33. The minimum atomic E-state index is -0.248. The first-order chi connectivity index (χ1) is 8.20. The molecule has 0 saturated carbocycles. The predicted octanol–water partition coefficient (Wildman–Crippen LogP) is 1.29. The lowest BCUT2D eigenvalue weighted by atomic mass is 10.3. The summed E-state index contributed by atoms with van der Waals surface area (Å²) >= 11 is 1.34. The number of fused-ring (bicyclic) bond motifs is 1. The molecule has 0 saturated heterocycles. The Morgan fingerprint density at radius 1 is 1.53 bits per heavy atom. The average molecular weight is 253 g/mol. The fourth-order valence-electron chi connectivity index (χ4n) is 1.33. The van der Waals surface area contributed by atoms with E-state index in [0.717, 1.165) is 5.01 Å². The van der Waals surface area contributed by atoms with Crippen LogP contribution in [0.5, 0.6) is 5.88 Å². The fraction of sp³-hybridized carbons (Fsp3) is 0.400. The van der Waals surface area contributed by atoms with E-state index < -0.39 is 0 Å². The van der Waals surface area contributed by atoms with Gasteiger partial charge in [-0.05, 0) is 6.92 Å². The van der Waals surface area contributed by atoms with E-state index in [2.05, 4.69) is 15.0 Å². The van der Waals surface area contributed by atoms with Crippen molar-refractivity contribution in [1.29, 1.82) is 0 Å². The first-order valence-corrected chi connectivity index (χ1v) is 5.97. The first-order valence-electron chi connectivity index (χ1n) is 5.15. The zero-order chi connectivity index (χ0) is 12.3. The van der Waals surface area contributed by atoms with Crippen LogP contribution in [0.3, 0.4) is 0 Å². The second kappa shape index (κ2) is 5.05. The minimum absolute atomic E-state index is 0.131. The van der Waals surface area contributed by atoms with E-state index in [0.29, 0.717) is 23.4 Å². The summed E-state index contributed by atoms with van der Waals surface area (Å²) in [6.07, 6.45) is 2.05. The monoisotopic (exact) mass is 253 g/mol. The molecule has 2 aromatic heterocycles. The number of thiazole rings is 1. The van der Waals surface area contributed by atoms with Crippen LogP contribution in [0.4, 0.5) is 0 Å². The molecular formula is C10H11N3O3S. The maximum Gasteiger partial charge on any atom is 0.306 e. The highest BCUT2D eigenvalue weighted by atomic mass is 32.1. The number of hydrogen-bond donors (Lipinski definition) is 1. The smallest absolute Gasteiger partial charge is 0.306 e. The van der Waals surface area contributed by atoms with E-state index in [-0.39, 0.29) is 18.3 Å². The molecule has 0 atom stereocenters. The van der Waals surface area contributed by atoms with Crippen molar-refractivity contribution in [2.45, 2.75) is 19.8 Å². The highest BCUT2D eigenvalue weighted by Gasteiger charge is 2.11. The first kappa shape index (κ1) is 11.7. The number of aryl methyl sites for hydroxylation is 1. The summed E-state index contributed by atoms with van der Waals surface area (Å²) in [5, 5.41) is 10.2.